The van der Waals surface area contributed by atoms with E-state index in [0.717, 1.165) is 6.42 Å². The van der Waals surface area contributed by atoms with Crippen LogP contribution in [0.5, 0.6) is 0 Å². The zero-order valence-corrected chi connectivity index (χ0v) is 16.0. The molecule has 3 saturated carbocycles. The first-order chi connectivity index (χ1) is 13.2. The van der Waals surface area contributed by atoms with Gasteiger partial charge in [-0.3, -0.25) is 15.1 Å². The van der Waals surface area contributed by atoms with E-state index in [9.17, 15) is 10.1 Å². The second-order valence-electron chi connectivity index (χ2n) is 9.00. The summed E-state index contributed by atoms with van der Waals surface area (Å²) in [6.07, 6.45) is 11.4. The average Bonchev–Trinajstić information content (AvgIpc) is 3.14. The third-order valence-corrected chi connectivity index (χ3v) is 7.76. The SMILES string of the molecule is O=[N+]([O-])c1ccc(C2C3CCC(CC3)C23CCC(N2CCCCC2)=N3)cc1. The van der Waals surface area contributed by atoms with Crippen molar-refractivity contribution in [1.29, 1.82) is 0 Å². The van der Waals surface area contributed by atoms with Crippen molar-refractivity contribution in [1.82, 2.24) is 4.90 Å². The Bertz CT molecular complexity index is 745. The summed E-state index contributed by atoms with van der Waals surface area (Å²) < 4.78 is 0. The van der Waals surface area contributed by atoms with Crippen LogP contribution in [0.2, 0.25) is 0 Å². The molecule has 5 nitrogen and oxygen atoms in total. The molecule has 1 saturated heterocycles. The van der Waals surface area contributed by atoms with Gasteiger partial charge in [0.15, 0.2) is 0 Å². The number of amidine groups is 1. The monoisotopic (exact) mass is 367 g/mol. The standard InChI is InChI=1S/C22H29N3O2/c26-25(27)19-10-6-17(7-11-19)21-16-4-8-18(9-5-16)22(21)13-12-20(23-22)24-14-2-1-3-15-24/h6-7,10-11,16,18,21H,1-5,8-9,12-15H2. The summed E-state index contributed by atoms with van der Waals surface area (Å²) in [6, 6.07) is 7.41. The largest absolute Gasteiger partial charge is 0.360 e. The van der Waals surface area contributed by atoms with E-state index in [-0.39, 0.29) is 16.1 Å². The lowest BCUT2D eigenvalue weighted by Gasteiger charge is -2.54. The van der Waals surface area contributed by atoms with Crippen molar-refractivity contribution in [2.24, 2.45) is 16.8 Å². The summed E-state index contributed by atoms with van der Waals surface area (Å²) in [5, 5.41) is 11.1. The molecule has 0 radical (unpaired) electrons. The molecule has 2 bridgehead atoms. The van der Waals surface area contributed by atoms with Gasteiger partial charge in [-0.15, -0.1) is 0 Å². The first-order valence-corrected chi connectivity index (χ1v) is 10.8. The van der Waals surface area contributed by atoms with E-state index < -0.39 is 0 Å². The zero-order valence-electron chi connectivity index (χ0n) is 16.0. The predicted octanol–water partition coefficient (Wildman–Crippen LogP) is 4.92. The van der Waals surface area contributed by atoms with Crippen LogP contribution < -0.4 is 0 Å². The van der Waals surface area contributed by atoms with E-state index in [0.29, 0.717) is 17.8 Å². The van der Waals surface area contributed by atoms with Gasteiger partial charge in [0.2, 0.25) is 0 Å². The number of aliphatic imine (C=N–C) groups is 1. The molecule has 4 fully saturated rings. The molecule has 3 aliphatic carbocycles. The Kier molecular flexibility index (Phi) is 4.21. The van der Waals surface area contributed by atoms with Gasteiger partial charge in [-0.05, 0) is 68.8 Å². The fraction of sp³-hybridized carbons (Fsp3) is 0.682. The highest BCUT2D eigenvalue weighted by atomic mass is 16.6. The lowest BCUT2D eigenvalue weighted by molar-refractivity contribution is -0.384. The molecule has 2 heterocycles. The molecule has 1 aromatic rings. The Balaban J connectivity index is 1.51. The van der Waals surface area contributed by atoms with Crippen LogP contribution in [-0.4, -0.2) is 34.3 Å². The highest BCUT2D eigenvalue weighted by Gasteiger charge is 2.57. The van der Waals surface area contributed by atoms with Crippen LogP contribution in [-0.2, 0) is 0 Å². The summed E-state index contributed by atoms with van der Waals surface area (Å²) in [5.74, 6) is 3.16. The smallest absolute Gasteiger partial charge is 0.269 e. The maximum atomic E-state index is 11.1. The van der Waals surface area contributed by atoms with Crippen LogP contribution in [0.4, 0.5) is 5.69 Å². The molecule has 2 atom stereocenters. The van der Waals surface area contributed by atoms with Crippen LogP contribution in [0.1, 0.15) is 69.3 Å². The fourth-order valence-corrected chi connectivity index (χ4v) is 6.54. The molecule has 0 aromatic heterocycles. The van der Waals surface area contributed by atoms with Crippen LogP contribution >= 0.6 is 0 Å². The molecule has 1 spiro atoms. The second-order valence-corrected chi connectivity index (χ2v) is 9.00. The van der Waals surface area contributed by atoms with Crippen molar-refractivity contribution < 1.29 is 4.92 Å². The van der Waals surface area contributed by atoms with Gasteiger partial charge < -0.3 is 4.90 Å². The fourth-order valence-electron chi connectivity index (χ4n) is 6.54. The molecule has 5 aliphatic rings. The number of likely N-dealkylation sites (tertiary alicyclic amines) is 1. The number of fused-ring (bicyclic) bond motifs is 2. The van der Waals surface area contributed by atoms with E-state index in [2.05, 4.69) is 4.90 Å². The normalized spacial score (nSPS) is 35.5. The van der Waals surface area contributed by atoms with Gasteiger partial charge >= 0.3 is 0 Å². The molecule has 6 rings (SSSR count). The molecule has 2 unspecified atom stereocenters. The minimum atomic E-state index is -0.297. The first kappa shape index (κ1) is 17.2. The first-order valence-electron chi connectivity index (χ1n) is 10.8. The number of hydrogen-bond donors (Lipinski definition) is 0. The number of hydrogen-bond acceptors (Lipinski definition) is 4. The topological polar surface area (TPSA) is 58.7 Å². The Morgan fingerprint density at radius 3 is 2.41 bits per heavy atom. The summed E-state index contributed by atoms with van der Waals surface area (Å²) in [6.45, 7) is 2.34. The average molecular weight is 367 g/mol. The Morgan fingerprint density at radius 2 is 1.74 bits per heavy atom. The summed E-state index contributed by atoms with van der Waals surface area (Å²) in [5.41, 5.74) is 1.51. The van der Waals surface area contributed by atoms with Crippen LogP contribution in [0.25, 0.3) is 0 Å². The van der Waals surface area contributed by atoms with Gasteiger partial charge in [-0.1, -0.05) is 12.1 Å². The number of non-ortho nitro benzene ring substituents is 1. The van der Waals surface area contributed by atoms with E-state index in [1.807, 2.05) is 12.1 Å². The minimum Gasteiger partial charge on any atom is -0.360 e. The van der Waals surface area contributed by atoms with E-state index in [1.165, 1.54) is 75.9 Å². The van der Waals surface area contributed by atoms with Crippen molar-refractivity contribution in [3.05, 3.63) is 39.9 Å². The number of nitro groups is 1. The van der Waals surface area contributed by atoms with Crippen molar-refractivity contribution in [2.45, 2.75) is 69.2 Å². The second kappa shape index (κ2) is 6.61. The Morgan fingerprint density at radius 1 is 1.04 bits per heavy atom. The third kappa shape index (κ3) is 2.77. The molecular weight excluding hydrogens is 338 g/mol. The van der Waals surface area contributed by atoms with Crippen LogP contribution in [0.3, 0.4) is 0 Å². The quantitative estimate of drug-likeness (QED) is 0.551. The number of nitro benzene ring substituents is 1. The maximum absolute atomic E-state index is 11.1. The van der Waals surface area contributed by atoms with Crippen LogP contribution in [0.15, 0.2) is 29.3 Å². The van der Waals surface area contributed by atoms with Crippen molar-refractivity contribution in [3.8, 4) is 0 Å². The van der Waals surface area contributed by atoms with E-state index in [4.69, 9.17) is 4.99 Å². The van der Waals surface area contributed by atoms with Crippen LogP contribution in [0, 0.1) is 22.0 Å². The molecule has 5 heteroatoms. The summed E-state index contributed by atoms with van der Waals surface area (Å²) in [4.78, 5) is 18.8. The maximum Gasteiger partial charge on any atom is 0.269 e. The lowest BCUT2D eigenvalue weighted by Crippen LogP contribution is -2.51. The van der Waals surface area contributed by atoms with Crippen molar-refractivity contribution >= 4 is 11.5 Å². The van der Waals surface area contributed by atoms with Gasteiger partial charge in [0.1, 0.15) is 0 Å². The summed E-state index contributed by atoms with van der Waals surface area (Å²) >= 11 is 0. The van der Waals surface area contributed by atoms with Gasteiger partial charge in [0.25, 0.3) is 5.69 Å². The van der Waals surface area contributed by atoms with Gasteiger partial charge in [0, 0.05) is 37.6 Å². The van der Waals surface area contributed by atoms with Crippen molar-refractivity contribution in [3.63, 3.8) is 0 Å². The van der Waals surface area contributed by atoms with E-state index >= 15 is 0 Å². The minimum absolute atomic E-state index is 0.0457. The molecular formula is C22H29N3O2. The highest BCUT2D eigenvalue weighted by molar-refractivity contribution is 5.85. The number of benzene rings is 1. The molecule has 2 aliphatic heterocycles. The molecule has 0 amide bonds. The van der Waals surface area contributed by atoms with Gasteiger partial charge in [0.05, 0.1) is 16.3 Å². The van der Waals surface area contributed by atoms with Crippen molar-refractivity contribution in [2.75, 3.05) is 13.1 Å². The zero-order chi connectivity index (χ0) is 18.4. The Labute approximate surface area is 161 Å². The molecule has 144 valence electrons. The van der Waals surface area contributed by atoms with Gasteiger partial charge in [-0.25, -0.2) is 0 Å². The highest BCUT2D eigenvalue weighted by Crippen LogP contribution is 2.60. The predicted molar refractivity (Wildman–Crippen MR) is 106 cm³/mol. The molecule has 1 aromatic carbocycles. The number of piperidine rings is 1. The third-order valence-electron chi connectivity index (χ3n) is 7.76. The lowest BCUT2D eigenvalue weighted by atomic mass is 9.52. The van der Waals surface area contributed by atoms with E-state index in [1.54, 1.807) is 12.1 Å². The number of nitrogens with zero attached hydrogens (tertiary/aromatic N) is 3. The number of rotatable bonds is 2. The van der Waals surface area contributed by atoms with Gasteiger partial charge in [-0.2, -0.15) is 0 Å². The molecule has 27 heavy (non-hydrogen) atoms. The summed E-state index contributed by atoms with van der Waals surface area (Å²) in [7, 11) is 0. The Hall–Kier alpha value is -1.91. The molecule has 0 N–H and O–H groups in total.